The van der Waals surface area contributed by atoms with Gasteiger partial charge in [-0.3, -0.25) is 4.79 Å². The first-order chi connectivity index (χ1) is 14.5. The van der Waals surface area contributed by atoms with Crippen LogP contribution in [0.2, 0.25) is 5.02 Å². The highest BCUT2D eigenvalue weighted by atomic mass is 35.5. The molecule has 0 spiro atoms. The summed E-state index contributed by atoms with van der Waals surface area (Å²) in [5.41, 5.74) is 1.16. The summed E-state index contributed by atoms with van der Waals surface area (Å²) in [5.74, 6) is 0.584. The summed E-state index contributed by atoms with van der Waals surface area (Å²) in [4.78, 5) is 30.1. The molecule has 8 nitrogen and oxygen atoms in total. The van der Waals surface area contributed by atoms with E-state index in [4.69, 9.17) is 25.8 Å². The lowest BCUT2D eigenvalue weighted by Gasteiger charge is -2.32. The Labute approximate surface area is 179 Å². The molecule has 2 fully saturated rings. The van der Waals surface area contributed by atoms with Crippen LogP contribution >= 0.6 is 11.6 Å². The number of hydrogen-bond acceptors (Lipinski definition) is 6. The highest BCUT2D eigenvalue weighted by Gasteiger charge is 2.39. The molecule has 30 heavy (non-hydrogen) atoms. The third kappa shape index (κ3) is 4.43. The van der Waals surface area contributed by atoms with E-state index < -0.39 is 0 Å². The molecule has 2 saturated heterocycles. The van der Waals surface area contributed by atoms with Crippen LogP contribution in [0.5, 0.6) is 11.5 Å². The molecular formula is C21H22ClN3O5. The number of piperidine rings is 1. The predicted molar refractivity (Wildman–Crippen MR) is 109 cm³/mol. The van der Waals surface area contributed by atoms with Gasteiger partial charge in [-0.2, -0.15) is 0 Å². The molecule has 9 heteroatoms. The number of ether oxygens (including phenoxy) is 3. The lowest BCUT2D eigenvalue weighted by Crippen LogP contribution is -2.44. The molecule has 2 atom stereocenters. The zero-order valence-electron chi connectivity index (χ0n) is 16.5. The molecule has 2 aliphatic rings. The number of amides is 2. The van der Waals surface area contributed by atoms with Crippen molar-refractivity contribution in [3.63, 3.8) is 0 Å². The maximum atomic E-state index is 12.6. The number of halogens is 1. The summed E-state index contributed by atoms with van der Waals surface area (Å²) in [7, 11) is 1.52. The fourth-order valence-corrected chi connectivity index (χ4v) is 3.74. The highest BCUT2D eigenvalue weighted by molar-refractivity contribution is 6.30. The third-order valence-electron chi connectivity index (χ3n) is 5.25. The van der Waals surface area contributed by atoms with Crippen LogP contribution in [0.3, 0.4) is 0 Å². The van der Waals surface area contributed by atoms with E-state index >= 15 is 0 Å². The Morgan fingerprint density at radius 3 is 2.90 bits per heavy atom. The number of carbonyl (C=O) groups excluding carboxylic acids is 2. The average Bonchev–Trinajstić information content (AvgIpc) is 3.13. The zero-order chi connectivity index (χ0) is 21.1. The van der Waals surface area contributed by atoms with Crippen LogP contribution in [-0.2, 0) is 11.3 Å². The van der Waals surface area contributed by atoms with Crippen LogP contribution in [0.4, 0.5) is 4.79 Å². The van der Waals surface area contributed by atoms with E-state index in [0.29, 0.717) is 49.1 Å². The van der Waals surface area contributed by atoms with Crippen molar-refractivity contribution in [2.75, 3.05) is 20.3 Å². The lowest BCUT2D eigenvalue weighted by atomic mass is 10.0. The summed E-state index contributed by atoms with van der Waals surface area (Å²) in [6, 6.07) is 8.85. The van der Waals surface area contributed by atoms with Gasteiger partial charge in [-0.15, -0.1) is 0 Å². The molecule has 3 heterocycles. The van der Waals surface area contributed by atoms with Crippen LogP contribution in [-0.4, -0.2) is 54.3 Å². The smallest absolute Gasteiger partial charge is 0.410 e. The van der Waals surface area contributed by atoms with Crippen LogP contribution < -0.4 is 14.8 Å². The summed E-state index contributed by atoms with van der Waals surface area (Å²) < 4.78 is 16.6. The maximum Gasteiger partial charge on any atom is 0.410 e. The molecular weight excluding hydrogens is 410 g/mol. The molecule has 1 N–H and O–H groups in total. The number of carbonyl (C=O) groups is 2. The monoisotopic (exact) mass is 431 g/mol. The second-order valence-corrected chi connectivity index (χ2v) is 7.65. The first kappa shape index (κ1) is 20.3. The van der Waals surface area contributed by atoms with E-state index in [9.17, 15) is 9.59 Å². The molecule has 2 aliphatic heterocycles. The average molecular weight is 432 g/mol. The van der Waals surface area contributed by atoms with Crippen molar-refractivity contribution in [2.45, 2.75) is 31.5 Å². The SMILES string of the molecule is COc1cnc(C(=O)NCc2ccc(Cl)cc2)cc1O[C@H]1CCN2C(=O)OC[C@@H]2C1. The minimum Gasteiger partial charge on any atom is -0.491 e. The zero-order valence-corrected chi connectivity index (χ0v) is 17.2. The Morgan fingerprint density at radius 2 is 2.13 bits per heavy atom. The summed E-state index contributed by atoms with van der Waals surface area (Å²) in [6.45, 7) is 1.31. The van der Waals surface area contributed by atoms with Gasteiger partial charge in [-0.25, -0.2) is 9.78 Å². The number of nitrogens with one attached hydrogen (secondary N) is 1. The van der Waals surface area contributed by atoms with Crippen molar-refractivity contribution in [1.82, 2.24) is 15.2 Å². The maximum absolute atomic E-state index is 12.6. The number of pyridine rings is 1. The summed E-state index contributed by atoms with van der Waals surface area (Å²) >= 11 is 5.88. The van der Waals surface area contributed by atoms with Crippen molar-refractivity contribution in [3.8, 4) is 11.5 Å². The molecule has 158 valence electrons. The van der Waals surface area contributed by atoms with Gasteiger partial charge >= 0.3 is 6.09 Å². The van der Waals surface area contributed by atoms with E-state index in [-0.39, 0.29) is 29.8 Å². The molecule has 0 bridgehead atoms. The van der Waals surface area contributed by atoms with E-state index in [0.717, 1.165) is 5.56 Å². The Kier molecular flexibility index (Phi) is 5.94. The first-order valence-corrected chi connectivity index (χ1v) is 10.1. The van der Waals surface area contributed by atoms with Crippen molar-refractivity contribution in [3.05, 3.63) is 52.8 Å². The predicted octanol–water partition coefficient (Wildman–Crippen LogP) is 3.04. The quantitative estimate of drug-likeness (QED) is 0.756. The molecule has 0 unspecified atom stereocenters. The van der Waals surface area contributed by atoms with Crippen LogP contribution in [0.25, 0.3) is 0 Å². The van der Waals surface area contributed by atoms with Crippen LogP contribution in [0, 0.1) is 0 Å². The van der Waals surface area contributed by atoms with Crippen molar-refractivity contribution < 1.29 is 23.8 Å². The second-order valence-electron chi connectivity index (χ2n) is 7.22. The van der Waals surface area contributed by atoms with Crippen LogP contribution in [0.15, 0.2) is 36.5 Å². The topological polar surface area (TPSA) is 90.0 Å². The number of aromatic nitrogens is 1. The van der Waals surface area contributed by atoms with Gasteiger partial charge in [0.05, 0.1) is 19.3 Å². The summed E-state index contributed by atoms with van der Waals surface area (Å²) in [6.07, 6.45) is 2.44. The molecule has 2 aromatic rings. The van der Waals surface area contributed by atoms with Crippen molar-refractivity contribution in [2.24, 2.45) is 0 Å². The van der Waals surface area contributed by atoms with Crippen LogP contribution in [0.1, 0.15) is 28.9 Å². The van der Waals surface area contributed by atoms with Gasteiger partial charge in [0.15, 0.2) is 11.5 Å². The van der Waals surface area contributed by atoms with E-state index in [1.54, 1.807) is 23.1 Å². The second kappa shape index (κ2) is 8.79. The Bertz CT molecular complexity index is 937. The number of cyclic esters (lactones) is 1. The molecule has 1 aromatic heterocycles. The van der Waals surface area contributed by atoms with Crippen molar-refractivity contribution >= 4 is 23.6 Å². The third-order valence-corrected chi connectivity index (χ3v) is 5.50. The molecule has 0 aliphatic carbocycles. The van der Waals surface area contributed by atoms with Gasteiger partial charge in [-0.1, -0.05) is 23.7 Å². The Balaban J connectivity index is 1.42. The molecule has 0 saturated carbocycles. The molecule has 4 rings (SSSR count). The lowest BCUT2D eigenvalue weighted by molar-refractivity contribution is 0.0895. The highest BCUT2D eigenvalue weighted by Crippen LogP contribution is 2.32. The minimum atomic E-state index is -0.318. The summed E-state index contributed by atoms with van der Waals surface area (Å²) in [5, 5.41) is 3.48. The van der Waals surface area contributed by atoms with Crippen molar-refractivity contribution in [1.29, 1.82) is 0 Å². The normalized spacial score (nSPS) is 20.3. The van der Waals surface area contributed by atoms with E-state index in [1.165, 1.54) is 13.3 Å². The molecule has 0 radical (unpaired) electrons. The Hall–Kier alpha value is -3.00. The van der Waals surface area contributed by atoms with Gasteiger partial charge in [0, 0.05) is 37.0 Å². The Morgan fingerprint density at radius 1 is 1.33 bits per heavy atom. The van der Waals surface area contributed by atoms with Gasteiger partial charge in [0.1, 0.15) is 18.4 Å². The standard InChI is InChI=1S/C21H22ClN3O5/c1-28-19-11-23-17(20(26)24-10-13-2-4-14(22)5-3-13)9-18(19)30-16-6-7-25-15(8-16)12-29-21(25)27/h2-5,9,11,15-16H,6-8,10,12H2,1H3,(H,24,26)/t15-,16-/m0/s1. The van der Waals surface area contributed by atoms with Gasteiger partial charge in [0.25, 0.3) is 5.91 Å². The van der Waals surface area contributed by atoms with Gasteiger partial charge in [0.2, 0.25) is 0 Å². The number of nitrogens with zero attached hydrogens (tertiary/aromatic N) is 2. The number of methoxy groups -OCH3 is 1. The van der Waals surface area contributed by atoms with Gasteiger partial charge < -0.3 is 24.4 Å². The number of rotatable bonds is 6. The number of hydrogen-bond donors (Lipinski definition) is 1. The number of fused-ring (bicyclic) bond motifs is 1. The first-order valence-electron chi connectivity index (χ1n) is 9.70. The minimum absolute atomic E-state index is 0.0197. The van der Waals surface area contributed by atoms with Gasteiger partial charge in [-0.05, 0) is 17.7 Å². The molecule has 2 amide bonds. The number of benzene rings is 1. The van der Waals surface area contributed by atoms with E-state index in [1.807, 2.05) is 12.1 Å². The largest absolute Gasteiger partial charge is 0.491 e. The fraction of sp³-hybridized carbons (Fsp3) is 0.381. The fourth-order valence-electron chi connectivity index (χ4n) is 3.62. The molecule has 1 aromatic carbocycles. The van der Waals surface area contributed by atoms with E-state index in [2.05, 4.69) is 10.3 Å².